The van der Waals surface area contributed by atoms with Crippen molar-refractivity contribution in [1.82, 2.24) is 0 Å². The smallest absolute Gasteiger partial charge is 0.144 e. The van der Waals surface area contributed by atoms with Crippen molar-refractivity contribution in [1.29, 1.82) is 0 Å². The van der Waals surface area contributed by atoms with Crippen molar-refractivity contribution in [3.05, 3.63) is 231 Å². The van der Waals surface area contributed by atoms with Crippen LogP contribution in [0.2, 0.25) is 0 Å². The van der Waals surface area contributed by atoms with Crippen molar-refractivity contribution in [2.75, 3.05) is 0 Å². The molecule has 12 aromatic rings. The summed E-state index contributed by atoms with van der Waals surface area (Å²) in [5.74, 6) is 1.64. The number of rotatable bonds is 7. The van der Waals surface area contributed by atoms with Gasteiger partial charge in [0.15, 0.2) is 0 Å². The fraction of sp³-hybridized carbons (Fsp3) is 0. The van der Waals surface area contributed by atoms with Gasteiger partial charge in [0, 0.05) is 44.2 Å². The first-order valence-corrected chi connectivity index (χ1v) is 21.2. The molecule has 0 N–H and O–H groups in total. The van der Waals surface area contributed by atoms with E-state index in [0.717, 1.165) is 105 Å². The molecule has 0 fully saturated rings. The minimum Gasteiger partial charge on any atom is -0.455 e. The predicted molar refractivity (Wildman–Crippen MR) is 259 cm³/mol. The van der Waals surface area contributed by atoms with Gasteiger partial charge in [-0.3, -0.25) is 0 Å². The van der Waals surface area contributed by atoms with Crippen LogP contribution in [0.25, 0.3) is 122 Å². The Balaban J connectivity index is 1.30. The van der Waals surface area contributed by atoms with Crippen molar-refractivity contribution >= 4 is 43.5 Å². The van der Waals surface area contributed by atoms with Crippen LogP contribution in [0.3, 0.4) is 0 Å². The van der Waals surface area contributed by atoms with Crippen molar-refractivity contribution in [2.24, 2.45) is 0 Å². The molecule has 0 saturated heterocycles. The molecule has 2 aromatic heterocycles. The summed E-state index contributed by atoms with van der Waals surface area (Å²) < 4.78 is 15.1. The van der Waals surface area contributed by atoms with Crippen molar-refractivity contribution in [3.8, 4) is 78.3 Å². The number of hydrogen-bond donors (Lipinski definition) is 0. The summed E-state index contributed by atoms with van der Waals surface area (Å²) in [7, 11) is 0. The molecule has 0 atom stereocenters. The zero-order valence-electron chi connectivity index (χ0n) is 33.8. The van der Waals surface area contributed by atoms with E-state index >= 15 is 0 Å². The van der Waals surface area contributed by atoms with E-state index in [1.807, 2.05) is 0 Å². The van der Waals surface area contributed by atoms with E-state index < -0.39 is 0 Å². The highest BCUT2D eigenvalue weighted by Gasteiger charge is 2.32. The van der Waals surface area contributed by atoms with Gasteiger partial charge >= 0.3 is 0 Å². The van der Waals surface area contributed by atoms with Gasteiger partial charge in [0.25, 0.3) is 0 Å². The first-order chi connectivity index (χ1) is 30.8. The molecule has 0 radical (unpaired) electrons. The van der Waals surface area contributed by atoms with Gasteiger partial charge in [-0.05, 0) is 54.9 Å². The highest BCUT2D eigenvalue weighted by atomic mass is 16.3. The Hall–Kier alpha value is -8.20. The Labute approximate surface area is 359 Å². The zero-order chi connectivity index (χ0) is 41.0. The van der Waals surface area contributed by atoms with Crippen LogP contribution in [0.15, 0.2) is 239 Å². The SMILES string of the molecule is c1ccc(-c2oc3c(-c4cccc5ccccc45)c4c(-c5ccccc5)c(-c5ccccc5)oc4c(-c4ccc(-c5cccc6ccccc56)cc4)c3c2-c2ccccc2)cc1. The molecule has 0 amide bonds. The molecule has 2 heteroatoms. The quantitative estimate of drug-likeness (QED) is 0.161. The Morgan fingerprint density at radius 2 is 0.581 bits per heavy atom. The van der Waals surface area contributed by atoms with E-state index in [-0.39, 0.29) is 0 Å². The summed E-state index contributed by atoms with van der Waals surface area (Å²) >= 11 is 0. The average Bonchev–Trinajstić information content (AvgIpc) is 3.94. The van der Waals surface area contributed by atoms with Crippen LogP contribution >= 0.6 is 0 Å². The summed E-state index contributed by atoms with van der Waals surface area (Å²) in [6.07, 6.45) is 0. The Morgan fingerprint density at radius 3 is 1.10 bits per heavy atom. The lowest BCUT2D eigenvalue weighted by molar-refractivity contribution is 0.630. The van der Waals surface area contributed by atoms with E-state index in [9.17, 15) is 0 Å². The van der Waals surface area contributed by atoms with Crippen LogP contribution in [0, 0.1) is 0 Å². The third kappa shape index (κ3) is 5.80. The monoisotopic (exact) mass is 790 g/mol. The minimum atomic E-state index is 0.814. The van der Waals surface area contributed by atoms with Gasteiger partial charge in [0.05, 0.1) is 0 Å². The van der Waals surface area contributed by atoms with E-state index in [2.05, 4.69) is 231 Å². The van der Waals surface area contributed by atoms with Crippen molar-refractivity contribution < 1.29 is 8.83 Å². The third-order valence-electron chi connectivity index (χ3n) is 12.3. The zero-order valence-corrected chi connectivity index (χ0v) is 33.8. The molecule has 290 valence electrons. The fourth-order valence-corrected chi connectivity index (χ4v) is 9.53. The molecule has 0 aliphatic rings. The summed E-state index contributed by atoms with van der Waals surface area (Å²) in [5, 5.41) is 6.78. The standard InChI is InChI=1S/C60H38O2/c1-5-21-42(22-6-1)51-55-53(44-37-35-41(36-38-44)48-33-17-29-39-19-13-15-31-47(39)48)59-56(52(43-23-7-2-8-24-43)58(61-59)46-27-11-4-12-28-46)54(50-34-18-30-40-20-14-16-32-49(40)50)60(55)62-57(51)45-25-9-3-10-26-45/h1-38H. The molecule has 62 heavy (non-hydrogen) atoms. The van der Waals surface area contributed by atoms with E-state index in [4.69, 9.17) is 8.83 Å². The molecule has 12 rings (SSSR count). The van der Waals surface area contributed by atoms with Gasteiger partial charge in [0.2, 0.25) is 0 Å². The number of hydrogen-bond acceptors (Lipinski definition) is 2. The molecule has 2 heterocycles. The van der Waals surface area contributed by atoms with E-state index in [1.54, 1.807) is 0 Å². The van der Waals surface area contributed by atoms with Crippen LogP contribution in [-0.2, 0) is 0 Å². The maximum atomic E-state index is 7.55. The normalized spacial score (nSPS) is 11.5. The molecular weight excluding hydrogens is 753 g/mol. The fourth-order valence-electron chi connectivity index (χ4n) is 9.53. The molecule has 10 aromatic carbocycles. The topological polar surface area (TPSA) is 26.3 Å². The summed E-state index contributed by atoms with van der Waals surface area (Å²) in [5.41, 5.74) is 14.3. The lowest BCUT2D eigenvalue weighted by atomic mass is 9.85. The highest BCUT2D eigenvalue weighted by Crippen LogP contribution is 2.56. The maximum Gasteiger partial charge on any atom is 0.144 e. The molecular formula is C60H38O2. The average molecular weight is 791 g/mol. The van der Waals surface area contributed by atoms with Crippen LogP contribution in [0.4, 0.5) is 0 Å². The highest BCUT2D eigenvalue weighted by molar-refractivity contribution is 6.29. The number of furan rings is 2. The van der Waals surface area contributed by atoms with Gasteiger partial charge < -0.3 is 8.83 Å². The Kier molecular flexibility index (Phi) is 8.53. The van der Waals surface area contributed by atoms with Crippen LogP contribution in [0.5, 0.6) is 0 Å². The van der Waals surface area contributed by atoms with Crippen molar-refractivity contribution in [2.45, 2.75) is 0 Å². The molecule has 0 aliphatic carbocycles. The summed E-state index contributed by atoms with van der Waals surface area (Å²) in [4.78, 5) is 0. The molecule has 2 nitrogen and oxygen atoms in total. The maximum absolute atomic E-state index is 7.55. The summed E-state index contributed by atoms with van der Waals surface area (Å²) in [6, 6.07) is 81.8. The van der Waals surface area contributed by atoms with Gasteiger partial charge in [-0.25, -0.2) is 0 Å². The number of benzene rings is 10. The molecule has 0 saturated carbocycles. The molecule has 0 spiro atoms. The first kappa shape index (κ1) is 35.7. The van der Waals surface area contributed by atoms with Crippen LogP contribution in [-0.4, -0.2) is 0 Å². The molecule has 0 bridgehead atoms. The minimum absolute atomic E-state index is 0.814. The predicted octanol–water partition coefficient (Wildman–Crippen LogP) is 17.2. The third-order valence-corrected chi connectivity index (χ3v) is 12.3. The molecule has 0 unspecified atom stereocenters. The second-order valence-corrected chi connectivity index (χ2v) is 15.9. The second kappa shape index (κ2) is 14.8. The van der Waals surface area contributed by atoms with Crippen LogP contribution < -0.4 is 0 Å². The van der Waals surface area contributed by atoms with E-state index in [1.165, 1.54) is 16.3 Å². The van der Waals surface area contributed by atoms with Gasteiger partial charge in [0.1, 0.15) is 22.7 Å². The first-order valence-electron chi connectivity index (χ1n) is 21.2. The second-order valence-electron chi connectivity index (χ2n) is 15.9. The Bertz CT molecular complexity index is 3530. The Morgan fingerprint density at radius 1 is 0.226 bits per heavy atom. The van der Waals surface area contributed by atoms with Gasteiger partial charge in [-0.2, -0.15) is 0 Å². The number of fused-ring (bicyclic) bond motifs is 4. The van der Waals surface area contributed by atoms with Crippen LogP contribution in [0.1, 0.15) is 0 Å². The summed E-state index contributed by atoms with van der Waals surface area (Å²) in [6.45, 7) is 0. The lowest BCUT2D eigenvalue weighted by Gasteiger charge is -2.15. The van der Waals surface area contributed by atoms with Gasteiger partial charge in [-0.15, -0.1) is 0 Å². The lowest BCUT2D eigenvalue weighted by Crippen LogP contribution is -1.91. The van der Waals surface area contributed by atoms with Crippen molar-refractivity contribution in [3.63, 3.8) is 0 Å². The largest absolute Gasteiger partial charge is 0.455 e. The molecule has 0 aliphatic heterocycles. The van der Waals surface area contributed by atoms with Gasteiger partial charge in [-0.1, -0.05) is 231 Å². The van der Waals surface area contributed by atoms with E-state index in [0.29, 0.717) is 0 Å².